The van der Waals surface area contributed by atoms with Gasteiger partial charge in [-0.3, -0.25) is 4.79 Å². The first-order valence-electron chi connectivity index (χ1n) is 13.5. The molecule has 6 nitrogen and oxygen atoms in total. The Hall–Kier alpha value is -3.74. The standard InChI is InChI=1S/C34H40O6/c1-25(2)16-15-23-33(37,31(36)40-32(3,4)5)24-29(35)39-30(26-17-9-6-10-18-26)34(38,27-19-11-7-12-20-27)28-21-13-8-14-22-28/h6-14,16-22,30,37-38H,15,23-24H2,1-5H3/t30-,33-/m1/s1. The van der Waals surface area contributed by atoms with Gasteiger partial charge in [0.2, 0.25) is 0 Å². The van der Waals surface area contributed by atoms with E-state index in [0.29, 0.717) is 23.1 Å². The molecule has 6 heteroatoms. The second kappa shape index (κ2) is 13.1. The molecule has 0 radical (unpaired) electrons. The zero-order valence-corrected chi connectivity index (χ0v) is 24.0. The van der Waals surface area contributed by atoms with Gasteiger partial charge in [0, 0.05) is 0 Å². The average molecular weight is 545 g/mol. The van der Waals surface area contributed by atoms with Crippen LogP contribution in [0.2, 0.25) is 0 Å². The van der Waals surface area contributed by atoms with Crippen LogP contribution >= 0.6 is 0 Å². The van der Waals surface area contributed by atoms with Crippen LogP contribution in [0.1, 0.15) is 76.7 Å². The van der Waals surface area contributed by atoms with E-state index < -0.39 is 41.3 Å². The molecule has 3 aromatic rings. The molecule has 0 saturated heterocycles. The Morgan fingerprint density at radius 1 is 0.800 bits per heavy atom. The Kier molecular flexibility index (Phi) is 10.1. The molecule has 0 aromatic heterocycles. The van der Waals surface area contributed by atoms with E-state index in [0.717, 1.165) is 5.57 Å². The van der Waals surface area contributed by atoms with E-state index in [1.807, 2.05) is 38.1 Å². The summed E-state index contributed by atoms with van der Waals surface area (Å²) in [5.74, 6) is -1.73. The third kappa shape index (κ3) is 7.90. The molecule has 0 spiro atoms. The molecule has 0 aliphatic heterocycles. The van der Waals surface area contributed by atoms with Crippen LogP contribution in [0.5, 0.6) is 0 Å². The van der Waals surface area contributed by atoms with Crippen LogP contribution in [-0.2, 0) is 24.7 Å². The van der Waals surface area contributed by atoms with E-state index in [1.165, 1.54) is 0 Å². The van der Waals surface area contributed by atoms with Crippen LogP contribution in [-0.4, -0.2) is 33.4 Å². The Bertz CT molecular complexity index is 1230. The molecule has 2 N–H and O–H groups in total. The lowest BCUT2D eigenvalue weighted by Crippen LogP contribution is -2.46. The number of carbonyl (C=O) groups is 2. The van der Waals surface area contributed by atoms with Crippen molar-refractivity contribution in [2.45, 2.75) is 76.8 Å². The first-order valence-corrected chi connectivity index (χ1v) is 13.5. The number of hydrogen-bond acceptors (Lipinski definition) is 6. The predicted molar refractivity (Wildman–Crippen MR) is 155 cm³/mol. The summed E-state index contributed by atoms with van der Waals surface area (Å²) in [4.78, 5) is 26.7. The van der Waals surface area contributed by atoms with Gasteiger partial charge in [-0.25, -0.2) is 4.79 Å². The van der Waals surface area contributed by atoms with Gasteiger partial charge < -0.3 is 19.7 Å². The predicted octanol–water partition coefficient (Wildman–Crippen LogP) is 6.42. The minimum atomic E-state index is -2.12. The molecule has 0 saturated carbocycles. The third-order valence-electron chi connectivity index (χ3n) is 6.48. The monoisotopic (exact) mass is 544 g/mol. The molecule has 212 valence electrons. The van der Waals surface area contributed by atoms with Crippen LogP contribution in [0, 0.1) is 0 Å². The number of aliphatic hydroxyl groups is 2. The summed E-state index contributed by atoms with van der Waals surface area (Å²) in [5.41, 5.74) is -2.13. The summed E-state index contributed by atoms with van der Waals surface area (Å²) >= 11 is 0. The average Bonchev–Trinajstić information content (AvgIpc) is 2.91. The third-order valence-corrected chi connectivity index (χ3v) is 6.48. The minimum Gasteiger partial charge on any atom is -0.458 e. The van der Waals surface area contributed by atoms with Crippen molar-refractivity contribution in [1.82, 2.24) is 0 Å². The van der Waals surface area contributed by atoms with Crippen LogP contribution in [0.4, 0.5) is 0 Å². The quantitative estimate of drug-likeness (QED) is 0.214. The number of carbonyl (C=O) groups excluding carboxylic acids is 2. The first-order chi connectivity index (χ1) is 18.8. The Balaban J connectivity index is 2.04. The van der Waals surface area contributed by atoms with Gasteiger partial charge in [0.15, 0.2) is 17.3 Å². The van der Waals surface area contributed by atoms with Crippen LogP contribution in [0.3, 0.4) is 0 Å². The van der Waals surface area contributed by atoms with E-state index in [1.54, 1.807) is 93.6 Å². The van der Waals surface area contributed by atoms with Crippen molar-refractivity contribution < 1.29 is 29.3 Å². The topological polar surface area (TPSA) is 93.1 Å². The number of allylic oxidation sites excluding steroid dienone is 2. The molecule has 0 bridgehead atoms. The molecular weight excluding hydrogens is 504 g/mol. The van der Waals surface area contributed by atoms with Gasteiger partial charge >= 0.3 is 11.9 Å². The van der Waals surface area contributed by atoms with Crippen molar-refractivity contribution in [3.05, 3.63) is 119 Å². The van der Waals surface area contributed by atoms with Crippen molar-refractivity contribution in [2.75, 3.05) is 0 Å². The SMILES string of the molecule is CC(C)=CCC[C@@](O)(CC(=O)O[C@H](c1ccccc1)C(O)(c1ccccc1)c1ccccc1)C(=O)OC(C)(C)C. The fourth-order valence-corrected chi connectivity index (χ4v) is 4.52. The van der Waals surface area contributed by atoms with Crippen LogP contribution in [0.25, 0.3) is 0 Å². The van der Waals surface area contributed by atoms with Crippen molar-refractivity contribution in [2.24, 2.45) is 0 Å². The highest BCUT2D eigenvalue weighted by atomic mass is 16.6. The highest BCUT2D eigenvalue weighted by molar-refractivity contribution is 5.86. The lowest BCUT2D eigenvalue weighted by Gasteiger charge is -2.37. The second-order valence-electron chi connectivity index (χ2n) is 11.3. The summed E-state index contributed by atoms with van der Waals surface area (Å²) in [6, 6.07) is 26.9. The normalized spacial score (nSPS) is 14.0. The number of ether oxygens (including phenoxy) is 2. The summed E-state index contributed by atoms with van der Waals surface area (Å²) in [6.07, 6.45) is 0.399. The van der Waals surface area contributed by atoms with E-state index >= 15 is 0 Å². The zero-order chi connectivity index (χ0) is 29.4. The van der Waals surface area contributed by atoms with Gasteiger partial charge in [0.05, 0.1) is 6.42 Å². The molecule has 0 aliphatic rings. The number of benzene rings is 3. The summed E-state index contributed by atoms with van der Waals surface area (Å²) < 4.78 is 11.5. The lowest BCUT2D eigenvalue weighted by atomic mass is 9.79. The smallest absolute Gasteiger partial charge is 0.339 e. The Labute approximate surface area is 237 Å². The van der Waals surface area contributed by atoms with Gasteiger partial charge in [-0.2, -0.15) is 0 Å². The highest BCUT2D eigenvalue weighted by Gasteiger charge is 2.47. The number of esters is 2. The van der Waals surface area contributed by atoms with E-state index in [-0.39, 0.29) is 6.42 Å². The van der Waals surface area contributed by atoms with Crippen molar-refractivity contribution >= 4 is 11.9 Å². The fourth-order valence-electron chi connectivity index (χ4n) is 4.52. The van der Waals surface area contributed by atoms with Crippen LogP contribution < -0.4 is 0 Å². The van der Waals surface area contributed by atoms with Gasteiger partial charge in [-0.05, 0) is 64.2 Å². The minimum absolute atomic E-state index is 0.0279. The Morgan fingerprint density at radius 2 is 1.27 bits per heavy atom. The maximum atomic E-state index is 13.6. The highest BCUT2D eigenvalue weighted by Crippen LogP contribution is 2.44. The van der Waals surface area contributed by atoms with Gasteiger partial charge in [0.1, 0.15) is 5.60 Å². The molecule has 0 amide bonds. The molecule has 0 aliphatic carbocycles. The largest absolute Gasteiger partial charge is 0.458 e. The van der Waals surface area contributed by atoms with Gasteiger partial charge in [0.25, 0.3) is 0 Å². The van der Waals surface area contributed by atoms with Gasteiger partial charge in [-0.1, -0.05) is 103 Å². The molecule has 0 heterocycles. The number of rotatable bonds is 11. The van der Waals surface area contributed by atoms with E-state index in [4.69, 9.17) is 9.47 Å². The van der Waals surface area contributed by atoms with Crippen molar-refractivity contribution in [1.29, 1.82) is 0 Å². The van der Waals surface area contributed by atoms with Crippen LogP contribution in [0.15, 0.2) is 103 Å². The summed E-state index contributed by atoms with van der Waals surface area (Å²) in [7, 11) is 0. The summed E-state index contributed by atoms with van der Waals surface area (Å²) in [5, 5.41) is 23.9. The molecule has 0 fully saturated rings. The molecule has 3 aromatic carbocycles. The van der Waals surface area contributed by atoms with Gasteiger partial charge in [-0.15, -0.1) is 0 Å². The first kappa shape index (κ1) is 30.8. The second-order valence-corrected chi connectivity index (χ2v) is 11.3. The van der Waals surface area contributed by atoms with E-state index in [9.17, 15) is 19.8 Å². The Morgan fingerprint density at radius 3 is 1.73 bits per heavy atom. The molecule has 40 heavy (non-hydrogen) atoms. The number of hydrogen-bond donors (Lipinski definition) is 2. The maximum Gasteiger partial charge on any atom is 0.339 e. The molecule has 3 rings (SSSR count). The molecular formula is C34H40O6. The maximum absolute atomic E-state index is 13.6. The summed E-state index contributed by atoms with van der Waals surface area (Å²) in [6.45, 7) is 8.93. The fraction of sp³-hybridized carbons (Fsp3) is 0.353. The van der Waals surface area contributed by atoms with Crippen molar-refractivity contribution in [3.63, 3.8) is 0 Å². The molecule has 0 unspecified atom stereocenters. The lowest BCUT2D eigenvalue weighted by molar-refractivity contribution is -0.187. The molecule has 2 atom stereocenters. The van der Waals surface area contributed by atoms with E-state index in [2.05, 4.69) is 0 Å². The van der Waals surface area contributed by atoms with Crippen molar-refractivity contribution in [3.8, 4) is 0 Å². The zero-order valence-electron chi connectivity index (χ0n) is 24.0.